The predicted molar refractivity (Wildman–Crippen MR) is 65.2 cm³/mol. The number of nitrogens with zero attached hydrogens (tertiary/aromatic N) is 2. The molecule has 0 saturated carbocycles. The fourth-order valence-corrected chi connectivity index (χ4v) is 2.49. The lowest BCUT2D eigenvalue weighted by Crippen LogP contribution is -2.34. The Morgan fingerprint density at radius 2 is 2.25 bits per heavy atom. The fraction of sp³-hybridized carbons (Fsp3) is 0.500. The van der Waals surface area contributed by atoms with Gasteiger partial charge in [0.1, 0.15) is 0 Å². The van der Waals surface area contributed by atoms with Crippen LogP contribution in [-0.2, 0) is 6.42 Å². The molecule has 0 bridgehead atoms. The minimum absolute atomic E-state index is 0.562. The maximum absolute atomic E-state index is 8.77. The standard InChI is InChI=1S/C14H18N2/c1-2-8-16(9-7-15)11-13-10-12-5-3-4-6-14(12)13/h3-6,13H,2,8-11H2,1H3. The Bertz CT molecular complexity index is 392. The van der Waals surface area contributed by atoms with Crippen molar-refractivity contribution >= 4 is 0 Å². The van der Waals surface area contributed by atoms with Gasteiger partial charge in [0.15, 0.2) is 0 Å². The first-order valence-electron chi connectivity index (χ1n) is 6.02. The third-order valence-electron chi connectivity index (χ3n) is 3.27. The number of rotatable bonds is 5. The summed E-state index contributed by atoms with van der Waals surface area (Å²) in [6, 6.07) is 10.9. The molecule has 2 rings (SSSR count). The molecule has 1 aliphatic rings. The van der Waals surface area contributed by atoms with E-state index in [9.17, 15) is 0 Å². The van der Waals surface area contributed by atoms with Crippen LogP contribution in [-0.4, -0.2) is 24.5 Å². The Labute approximate surface area is 97.5 Å². The summed E-state index contributed by atoms with van der Waals surface area (Å²) in [5.41, 5.74) is 2.97. The van der Waals surface area contributed by atoms with Crippen molar-refractivity contribution in [3.63, 3.8) is 0 Å². The fourth-order valence-electron chi connectivity index (χ4n) is 2.49. The van der Waals surface area contributed by atoms with Crippen molar-refractivity contribution in [1.29, 1.82) is 5.26 Å². The van der Waals surface area contributed by atoms with Crippen LogP contribution in [0.2, 0.25) is 0 Å². The van der Waals surface area contributed by atoms with E-state index in [0.29, 0.717) is 12.5 Å². The minimum Gasteiger partial charge on any atom is -0.290 e. The third kappa shape index (κ3) is 2.25. The number of benzene rings is 1. The molecule has 1 aliphatic carbocycles. The highest BCUT2D eigenvalue weighted by Gasteiger charge is 2.26. The van der Waals surface area contributed by atoms with E-state index in [1.165, 1.54) is 17.5 Å². The van der Waals surface area contributed by atoms with Crippen molar-refractivity contribution in [3.05, 3.63) is 35.4 Å². The number of nitriles is 1. The second-order valence-corrected chi connectivity index (χ2v) is 4.49. The number of hydrogen-bond acceptors (Lipinski definition) is 2. The van der Waals surface area contributed by atoms with Crippen LogP contribution in [0, 0.1) is 11.3 Å². The highest BCUT2D eigenvalue weighted by atomic mass is 15.1. The summed E-state index contributed by atoms with van der Waals surface area (Å²) >= 11 is 0. The van der Waals surface area contributed by atoms with Crippen LogP contribution in [0.25, 0.3) is 0 Å². The van der Waals surface area contributed by atoms with Crippen molar-refractivity contribution in [2.24, 2.45) is 0 Å². The van der Waals surface area contributed by atoms with Crippen molar-refractivity contribution in [1.82, 2.24) is 4.90 Å². The molecule has 0 N–H and O–H groups in total. The van der Waals surface area contributed by atoms with Gasteiger partial charge in [0, 0.05) is 12.5 Å². The van der Waals surface area contributed by atoms with Crippen molar-refractivity contribution in [2.75, 3.05) is 19.6 Å². The molecule has 84 valence electrons. The molecule has 0 heterocycles. The summed E-state index contributed by atoms with van der Waals surface area (Å²) in [4.78, 5) is 2.26. The summed E-state index contributed by atoms with van der Waals surface area (Å²) in [6.45, 7) is 4.80. The lowest BCUT2D eigenvalue weighted by Gasteiger charge is -2.34. The molecule has 0 aliphatic heterocycles. The second kappa shape index (κ2) is 5.14. The quantitative estimate of drug-likeness (QED) is 0.704. The summed E-state index contributed by atoms with van der Waals surface area (Å²) in [7, 11) is 0. The summed E-state index contributed by atoms with van der Waals surface area (Å²) in [5.74, 6) is 0.649. The monoisotopic (exact) mass is 214 g/mol. The van der Waals surface area contributed by atoms with Gasteiger partial charge in [-0.25, -0.2) is 0 Å². The van der Waals surface area contributed by atoms with Crippen molar-refractivity contribution < 1.29 is 0 Å². The molecule has 1 aromatic carbocycles. The lowest BCUT2D eigenvalue weighted by molar-refractivity contribution is 0.275. The number of fused-ring (bicyclic) bond motifs is 1. The molecule has 0 fully saturated rings. The van der Waals surface area contributed by atoms with Gasteiger partial charge in [0.2, 0.25) is 0 Å². The van der Waals surface area contributed by atoms with Gasteiger partial charge in [-0.3, -0.25) is 4.90 Å². The van der Waals surface area contributed by atoms with E-state index < -0.39 is 0 Å². The van der Waals surface area contributed by atoms with Crippen molar-refractivity contribution in [2.45, 2.75) is 25.7 Å². The average Bonchev–Trinajstić information content (AvgIpc) is 2.26. The van der Waals surface area contributed by atoms with Gasteiger partial charge in [-0.05, 0) is 30.5 Å². The first-order valence-corrected chi connectivity index (χ1v) is 6.02. The van der Waals surface area contributed by atoms with E-state index in [2.05, 4.69) is 42.2 Å². The van der Waals surface area contributed by atoms with Gasteiger partial charge in [0.25, 0.3) is 0 Å². The molecule has 16 heavy (non-hydrogen) atoms. The molecule has 1 atom stereocenters. The van der Waals surface area contributed by atoms with E-state index in [0.717, 1.165) is 19.5 Å². The Morgan fingerprint density at radius 3 is 2.94 bits per heavy atom. The molecule has 1 unspecified atom stereocenters. The molecular formula is C14H18N2. The van der Waals surface area contributed by atoms with E-state index in [1.807, 2.05) is 0 Å². The molecule has 2 heteroatoms. The van der Waals surface area contributed by atoms with Crippen molar-refractivity contribution in [3.8, 4) is 6.07 Å². The van der Waals surface area contributed by atoms with Crippen LogP contribution in [0.15, 0.2) is 24.3 Å². The van der Waals surface area contributed by atoms with Crippen LogP contribution >= 0.6 is 0 Å². The summed E-state index contributed by atoms with van der Waals surface area (Å²) in [6.07, 6.45) is 2.30. The normalized spacial score (nSPS) is 17.7. The van der Waals surface area contributed by atoms with Gasteiger partial charge in [-0.15, -0.1) is 0 Å². The van der Waals surface area contributed by atoms with Gasteiger partial charge in [-0.1, -0.05) is 31.2 Å². The average molecular weight is 214 g/mol. The highest BCUT2D eigenvalue weighted by Crippen LogP contribution is 2.35. The maximum Gasteiger partial charge on any atom is 0.0866 e. The molecule has 2 nitrogen and oxygen atoms in total. The zero-order valence-corrected chi connectivity index (χ0v) is 9.82. The van der Waals surface area contributed by atoms with Crippen LogP contribution in [0.3, 0.4) is 0 Å². The Balaban J connectivity index is 1.94. The highest BCUT2D eigenvalue weighted by molar-refractivity contribution is 5.40. The molecule has 0 saturated heterocycles. The van der Waals surface area contributed by atoms with Crippen LogP contribution in [0.1, 0.15) is 30.4 Å². The molecule has 0 spiro atoms. The SMILES string of the molecule is CCCN(CC#N)CC1Cc2ccccc21. The number of hydrogen-bond donors (Lipinski definition) is 0. The van der Waals surface area contributed by atoms with Gasteiger partial charge < -0.3 is 0 Å². The summed E-state index contributed by atoms with van der Waals surface area (Å²) in [5, 5.41) is 8.77. The minimum atomic E-state index is 0.562. The van der Waals surface area contributed by atoms with E-state index in [-0.39, 0.29) is 0 Å². The largest absolute Gasteiger partial charge is 0.290 e. The van der Waals surface area contributed by atoms with Crippen LogP contribution in [0.5, 0.6) is 0 Å². The first-order chi connectivity index (χ1) is 7.85. The molecule has 0 amide bonds. The molecule has 1 aromatic rings. The van der Waals surface area contributed by atoms with Gasteiger partial charge in [-0.2, -0.15) is 5.26 Å². The van der Waals surface area contributed by atoms with Gasteiger partial charge >= 0.3 is 0 Å². The zero-order valence-electron chi connectivity index (χ0n) is 9.82. The van der Waals surface area contributed by atoms with E-state index >= 15 is 0 Å². The molecular weight excluding hydrogens is 196 g/mol. The lowest BCUT2D eigenvalue weighted by atomic mass is 9.77. The maximum atomic E-state index is 8.77. The Morgan fingerprint density at radius 1 is 1.44 bits per heavy atom. The smallest absolute Gasteiger partial charge is 0.0866 e. The Kier molecular flexibility index (Phi) is 3.58. The third-order valence-corrected chi connectivity index (χ3v) is 3.27. The molecule has 0 aromatic heterocycles. The topological polar surface area (TPSA) is 27.0 Å². The van der Waals surface area contributed by atoms with Crippen LogP contribution in [0.4, 0.5) is 0 Å². The van der Waals surface area contributed by atoms with E-state index in [4.69, 9.17) is 5.26 Å². The van der Waals surface area contributed by atoms with Gasteiger partial charge in [0.05, 0.1) is 12.6 Å². The van der Waals surface area contributed by atoms with Crippen LogP contribution < -0.4 is 0 Å². The Hall–Kier alpha value is -1.33. The molecule has 0 radical (unpaired) electrons. The predicted octanol–water partition coefficient (Wildman–Crippen LogP) is 2.56. The van der Waals surface area contributed by atoms with E-state index in [1.54, 1.807) is 0 Å². The second-order valence-electron chi connectivity index (χ2n) is 4.49. The summed E-state index contributed by atoms with van der Waals surface area (Å²) < 4.78 is 0. The zero-order chi connectivity index (χ0) is 11.4. The first kappa shape index (κ1) is 11.2.